The minimum absolute atomic E-state index is 0.123. The molecule has 0 radical (unpaired) electrons. The predicted molar refractivity (Wildman–Crippen MR) is 85.4 cm³/mol. The van der Waals surface area contributed by atoms with Crippen LogP contribution in [-0.2, 0) is 16.6 Å². The van der Waals surface area contributed by atoms with Crippen molar-refractivity contribution >= 4 is 5.91 Å². The molecule has 5 heteroatoms. The maximum atomic E-state index is 12.5. The molecule has 0 fully saturated rings. The molecule has 2 aromatic rings. The molecule has 22 heavy (non-hydrogen) atoms. The number of methoxy groups -OCH3 is 1. The summed E-state index contributed by atoms with van der Waals surface area (Å²) in [5.74, 6) is -0.149. The first-order valence-corrected chi connectivity index (χ1v) is 7.34. The second kappa shape index (κ2) is 6.75. The molecule has 1 N–H and O–H groups in total. The van der Waals surface area contributed by atoms with Gasteiger partial charge in [0.15, 0.2) is 6.10 Å². The Morgan fingerprint density at radius 1 is 1.27 bits per heavy atom. The van der Waals surface area contributed by atoms with E-state index in [9.17, 15) is 4.79 Å². The molecule has 2 rings (SSSR count). The summed E-state index contributed by atoms with van der Waals surface area (Å²) >= 11 is 0. The molecule has 0 unspecified atom stereocenters. The van der Waals surface area contributed by atoms with E-state index < -0.39 is 6.10 Å². The van der Waals surface area contributed by atoms with Gasteiger partial charge in [-0.25, -0.2) is 0 Å². The van der Waals surface area contributed by atoms with E-state index in [1.807, 2.05) is 62.8 Å². The SMILES string of the molecule is CO[C@@H](C(=O)N[C@H](C)c1c(C)nn(C)c1C)c1ccccc1. The third-order valence-corrected chi connectivity index (χ3v) is 3.93. The van der Waals surface area contributed by atoms with Crippen LogP contribution in [0.3, 0.4) is 0 Å². The summed E-state index contributed by atoms with van der Waals surface area (Å²) in [5, 5.41) is 7.42. The normalized spacial score (nSPS) is 13.7. The fraction of sp³-hybridized carbons (Fsp3) is 0.412. The second-order valence-electron chi connectivity index (χ2n) is 5.46. The zero-order valence-electron chi connectivity index (χ0n) is 13.8. The van der Waals surface area contributed by atoms with Gasteiger partial charge in [0.1, 0.15) is 0 Å². The number of nitrogens with zero attached hydrogens (tertiary/aromatic N) is 2. The summed E-state index contributed by atoms with van der Waals surface area (Å²) in [5.41, 5.74) is 3.88. The number of hydrogen-bond acceptors (Lipinski definition) is 3. The van der Waals surface area contributed by atoms with Crippen LogP contribution in [-0.4, -0.2) is 22.8 Å². The van der Waals surface area contributed by atoms with Gasteiger partial charge in [-0.05, 0) is 26.3 Å². The van der Waals surface area contributed by atoms with Crippen molar-refractivity contribution in [3.63, 3.8) is 0 Å². The van der Waals surface area contributed by atoms with Gasteiger partial charge in [0.25, 0.3) is 5.91 Å². The highest BCUT2D eigenvalue weighted by Crippen LogP contribution is 2.23. The number of aromatic nitrogens is 2. The van der Waals surface area contributed by atoms with Crippen LogP contribution in [0, 0.1) is 13.8 Å². The largest absolute Gasteiger partial charge is 0.367 e. The minimum atomic E-state index is -0.610. The minimum Gasteiger partial charge on any atom is -0.367 e. The molecule has 0 saturated heterocycles. The second-order valence-corrected chi connectivity index (χ2v) is 5.46. The van der Waals surface area contributed by atoms with E-state index in [1.165, 1.54) is 0 Å². The van der Waals surface area contributed by atoms with Crippen LogP contribution >= 0.6 is 0 Å². The molecule has 0 saturated carbocycles. The standard InChI is InChI=1S/C17H23N3O2/c1-11(15-12(2)19-20(4)13(15)3)18-17(21)16(22-5)14-9-7-6-8-10-14/h6-11,16H,1-5H3,(H,18,21)/t11-,16-/m1/s1. The molecule has 0 bridgehead atoms. The molecule has 1 heterocycles. The van der Waals surface area contributed by atoms with Gasteiger partial charge in [0.2, 0.25) is 0 Å². The lowest BCUT2D eigenvalue weighted by atomic mass is 10.0. The summed E-state index contributed by atoms with van der Waals surface area (Å²) in [6.45, 7) is 5.92. The highest BCUT2D eigenvalue weighted by Gasteiger charge is 2.24. The first kappa shape index (κ1) is 16.2. The molecular formula is C17H23N3O2. The Morgan fingerprint density at radius 3 is 2.41 bits per heavy atom. The smallest absolute Gasteiger partial charge is 0.254 e. The van der Waals surface area contributed by atoms with Crippen LogP contribution < -0.4 is 5.32 Å². The molecule has 0 aliphatic carbocycles. The number of carbonyl (C=O) groups is 1. The number of ether oxygens (including phenoxy) is 1. The third kappa shape index (κ3) is 3.20. The Morgan fingerprint density at radius 2 is 1.91 bits per heavy atom. The number of aryl methyl sites for hydroxylation is 2. The van der Waals surface area contributed by atoms with Crippen LogP contribution in [0.15, 0.2) is 30.3 Å². The average molecular weight is 301 g/mol. The Hall–Kier alpha value is -2.14. The molecule has 1 aromatic heterocycles. The number of hydrogen-bond donors (Lipinski definition) is 1. The Bertz CT molecular complexity index is 649. The Balaban J connectivity index is 2.17. The van der Waals surface area contributed by atoms with E-state index in [0.717, 1.165) is 22.5 Å². The van der Waals surface area contributed by atoms with Gasteiger partial charge in [-0.15, -0.1) is 0 Å². The number of nitrogens with one attached hydrogen (secondary N) is 1. The highest BCUT2D eigenvalue weighted by molar-refractivity contribution is 5.82. The van der Waals surface area contributed by atoms with Crippen molar-refractivity contribution in [2.75, 3.05) is 7.11 Å². The predicted octanol–water partition coefficient (Wildman–Crippen LogP) is 2.60. The molecule has 0 spiro atoms. The number of amides is 1. The maximum absolute atomic E-state index is 12.5. The van der Waals surface area contributed by atoms with Crippen LogP contribution in [0.25, 0.3) is 0 Å². The number of rotatable bonds is 5. The van der Waals surface area contributed by atoms with Gasteiger partial charge in [0.05, 0.1) is 11.7 Å². The van der Waals surface area contributed by atoms with Gasteiger partial charge in [-0.3, -0.25) is 9.48 Å². The third-order valence-electron chi connectivity index (χ3n) is 3.93. The van der Waals surface area contributed by atoms with Crippen LogP contribution in [0.1, 0.15) is 41.6 Å². The van der Waals surface area contributed by atoms with Crippen LogP contribution in [0.2, 0.25) is 0 Å². The maximum Gasteiger partial charge on any atom is 0.254 e. The van der Waals surface area contributed by atoms with Gasteiger partial charge >= 0.3 is 0 Å². The first-order valence-electron chi connectivity index (χ1n) is 7.34. The number of carbonyl (C=O) groups excluding carboxylic acids is 1. The van der Waals surface area contributed by atoms with E-state index in [-0.39, 0.29) is 11.9 Å². The number of benzene rings is 1. The van der Waals surface area contributed by atoms with E-state index in [4.69, 9.17) is 4.74 Å². The fourth-order valence-electron chi connectivity index (χ4n) is 2.80. The molecule has 118 valence electrons. The molecule has 0 aliphatic rings. The van der Waals surface area contributed by atoms with Gasteiger partial charge in [-0.1, -0.05) is 30.3 Å². The Kier molecular flexibility index (Phi) is 4.98. The quantitative estimate of drug-likeness (QED) is 0.923. The lowest BCUT2D eigenvalue weighted by Crippen LogP contribution is -2.33. The van der Waals surface area contributed by atoms with Crippen LogP contribution in [0.4, 0.5) is 0 Å². The summed E-state index contributed by atoms with van der Waals surface area (Å²) < 4.78 is 7.20. The van der Waals surface area contributed by atoms with E-state index >= 15 is 0 Å². The molecule has 0 aliphatic heterocycles. The molecular weight excluding hydrogens is 278 g/mol. The van der Waals surface area contributed by atoms with Crippen molar-refractivity contribution < 1.29 is 9.53 Å². The van der Waals surface area contributed by atoms with E-state index in [1.54, 1.807) is 7.11 Å². The molecule has 2 atom stereocenters. The van der Waals surface area contributed by atoms with Crippen molar-refractivity contribution in [2.24, 2.45) is 7.05 Å². The van der Waals surface area contributed by atoms with Crippen molar-refractivity contribution in [3.8, 4) is 0 Å². The topological polar surface area (TPSA) is 56.1 Å². The lowest BCUT2D eigenvalue weighted by Gasteiger charge is -2.20. The summed E-state index contributed by atoms with van der Waals surface area (Å²) in [4.78, 5) is 12.5. The van der Waals surface area contributed by atoms with E-state index in [0.29, 0.717) is 0 Å². The summed E-state index contributed by atoms with van der Waals surface area (Å²) in [7, 11) is 3.45. The van der Waals surface area contributed by atoms with Crippen molar-refractivity contribution in [3.05, 3.63) is 52.8 Å². The molecule has 1 amide bonds. The van der Waals surface area contributed by atoms with Gasteiger partial charge < -0.3 is 10.1 Å². The summed E-state index contributed by atoms with van der Waals surface area (Å²) in [6.07, 6.45) is -0.610. The molecule has 5 nitrogen and oxygen atoms in total. The van der Waals surface area contributed by atoms with E-state index in [2.05, 4.69) is 10.4 Å². The van der Waals surface area contributed by atoms with Crippen molar-refractivity contribution in [2.45, 2.75) is 32.9 Å². The lowest BCUT2D eigenvalue weighted by molar-refractivity contribution is -0.132. The summed E-state index contributed by atoms with van der Waals surface area (Å²) in [6, 6.07) is 9.36. The monoisotopic (exact) mass is 301 g/mol. The molecule has 1 aromatic carbocycles. The van der Waals surface area contributed by atoms with Gasteiger partial charge in [-0.2, -0.15) is 5.10 Å². The van der Waals surface area contributed by atoms with Crippen LogP contribution in [0.5, 0.6) is 0 Å². The first-order chi connectivity index (χ1) is 10.5. The zero-order chi connectivity index (χ0) is 16.3. The van der Waals surface area contributed by atoms with Gasteiger partial charge in [0, 0.05) is 25.4 Å². The van der Waals surface area contributed by atoms with Crippen molar-refractivity contribution in [1.29, 1.82) is 0 Å². The zero-order valence-corrected chi connectivity index (χ0v) is 13.8. The van der Waals surface area contributed by atoms with Crippen molar-refractivity contribution in [1.82, 2.24) is 15.1 Å². The Labute approximate surface area is 131 Å². The average Bonchev–Trinajstić information content (AvgIpc) is 2.74. The highest BCUT2D eigenvalue weighted by atomic mass is 16.5. The fourth-order valence-corrected chi connectivity index (χ4v) is 2.80.